The van der Waals surface area contributed by atoms with Crippen molar-refractivity contribution in [2.24, 2.45) is 0 Å². The average molecular weight is 289 g/mol. The molecule has 0 saturated heterocycles. The Balaban J connectivity index is 2.15. The molecule has 0 N–H and O–H groups in total. The van der Waals surface area contributed by atoms with Crippen molar-refractivity contribution in [2.45, 2.75) is 13.8 Å². The Kier molecular flexibility index (Phi) is 3.92. The third-order valence-corrected chi connectivity index (χ3v) is 3.77. The van der Waals surface area contributed by atoms with Gasteiger partial charge in [-0.05, 0) is 60.9 Å². The molecule has 0 amide bonds. The predicted octanol–water partition coefficient (Wildman–Crippen LogP) is 5.04. The molecule has 2 aromatic carbocycles. The molecule has 2 heteroatoms. The molecule has 3 rings (SSSR count). The van der Waals surface area contributed by atoms with Crippen molar-refractivity contribution in [1.82, 2.24) is 4.98 Å². The molecular formula is C20H19NO. The van der Waals surface area contributed by atoms with Crippen molar-refractivity contribution < 1.29 is 4.74 Å². The topological polar surface area (TPSA) is 22.1 Å². The standard InChI is InChI=1S/C20H19NO/c1-14-4-9-18(16-5-7-17(22-3)8-6-16)19(12-14)20-13-15(2)10-11-21-20/h4-13H,1-3H3. The highest BCUT2D eigenvalue weighted by molar-refractivity contribution is 5.82. The molecule has 2 nitrogen and oxygen atoms in total. The Labute approximate surface area is 131 Å². The minimum absolute atomic E-state index is 0.867. The molecule has 0 fully saturated rings. The predicted molar refractivity (Wildman–Crippen MR) is 91.1 cm³/mol. The maximum atomic E-state index is 5.24. The third kappa shape index (κ3) is 2.86. The van der Waals surface area contributed by atoms with E-state index >= 15 is 0 Å². The largest absolute Gasteiger partial charge is 0.497 e. The van der Waals surface area contributed by atoms with E-state index in [1.54, 1.807) is 7.11 Å². The first kappa shape index (κ1) is 14.3. The molecule has 1 heterocycles. The molecule has 0 spiro atoms. The van der Waals surface area contributed by atoms with Crippen LogP contribution in [0.5, 0.6) is 5.75 Å². The summed E-state index contributed by atoms with van der Waals surface area (Å²) in [6.07, 6.45) is 1.87. The lowest BCUT2D eigenvalue weighted by molar-refractivity contribution is 0.415. The van der Waals surface area contributed by atoms with E-state index in [0.717, 1.165) is 17.0 Å². The molecule has 0 aliphatic carbocycles. The fourth-order valence-corrected chi connectivity index (χ4v) is 2.58. The number of aromatic nitrogens is 1. The van der Waals surface area contributed by atoms with Gasteiger partial charge in [-0.1, -0.05) is 29.8 Å². The summed E-state index contributed by atoms with van der Waals surface area (Å²) >= 11 is 0. The summed E-state index contributed by atoms with van der Waals surface area (Å²) in [5, 5.41) is 0. The van der Waals surface area contributed by atoms with Crippen molar-refractivity contribution in [3.05, 3.63) is 71.9 Å². The first-order valence-corrected chi connectivity index (χ1v) is 7.35. The van der Waals surface area contributed by atoms with Gasteiger partial charge in [-0.15, -0.1) is 0 Å². The van der Waals surface area contributed by atoms with Crippen LogP contribution < -0.4 is 4.74 Å². The zero-order valence-electron chi connectivity index (χ0n) is 13.1. The van der Waals surface area contributed by atoms with E-state index in [4.69, 9.17) is 4.74 Å². The van der Waals surface area contributed by atoms with Gasteiger partial charge in [0.05, 0.1) is 12.8 Å². The minimum atomic E-state index is 0.867. The fourth-order valence-electron chi connectivity index (χ4n) is 2.58. The SMILES string of the molecule is COc1ccc(-c2ccc(C)cc2-c2cc(C)ccn2)cc1. The van der Waals surface area contributed by atoms with E-state index in [-0.39, 0.29) is 0 Å². The maximum Gasteiger partial charge on any atom is 0.118 e. The van der Waals surface area contributed by atoms with Crippen LogP contribution in [0.25, 0.3) is 22.4 Å². The van der Waals surface area contributed by atoms with E-state index in [1.807, 2.05) is 24.4 Å². The number of aryl methyl sites for hydroxylation is 2. The first-order valence-electron chi connectivity index (χ1n) is 7.35. The normalized spacial score (nSPS) is 10.5. The Morgan fingerprint density at radius 3 is 2.18 bits per heavy atom. The monoisotopic (exact) mass is 289 g/mol. The number of nitrogens with zero attached hydrogens (tertiary/aromatic N) is 1. The summed E-state index contributed by atoms with van der Waals surface area (Å²) < 4.78 is 5.24. The van der Waals surface area contributed by atoms with E-state index in [9.17, 15) is 0 Å². The Hall–Kier alpha value is -2.61. The zero-order valence-corrected chi connectivity index (χ0v) is 13.1. The van der Waals surface area contributed by atoms with E-state index in [2.05, 4.69) is 55.2 Å². The van der Waals surface area contributed by atoms with E-state index in [0.29, 0.717) is 0 Å². The smallest absolute Gasteiger partial charge is 0.118 e. The maximum absolute atomic E-state index is 5.24. The highest BCUT2D eigenvalue weighted by Crippen LogP contribution is 2.33. The number of rotatable bonds is 3. The highest BCUT2D eigenvalue weighted by Gasteiger charge is 2.09. The summed E-state index contributed by atoms with van der Waals surface area (Å²) in [6, 6.07) is 18.8. The van der Waals surface area contributed by atoms with Gasteiger partial charge in [0, 0.05) is 11.8 Å². The quantitative estimate of drug-likeness (QED) is 0.674. The lowest BCUT2D eigenvalue weighted by Crippen LogP contribution is -1.90. The number of benzene rings is 2. The van der Waals surface area contributed by atoms with Crippen LogP contribution in [0, 0.1) is 13.8 Å². The molecule has 0 aliphatic heterocycles. The molecular weight excluding hydrogens is 270 g/mol. The summed E-state index contributed by atoms with van der Waals surface area (Å²) in [7, 11) is 1.68. The van der Waals surface area contributed by atoms with Gasteiger partial charge in [-0.25, -0.2) is 0 Å². The van der Waals surface area contributed by atoms with Gasteiger partial charge >= 0.3 is 0 Å². The molecule has 0 atom stereocenters. The molecule has 1 aromatic heterocycles. The van der Waals surface area contributed by atoms with Crippen molar-refractivity contribution >= 4 is 0 Å². The number of pyridine rings is 1. The molecule has 0 radical (unpaired) electrons. The molecule has 22 heavy (non-hydrogen) atoms. The van der Waals surface area contributed by atoms with Crippen LogP contribution in [0.3, 0.4) is 0 Å². The van der Waals surface area contributed by atoms with Gasteiger partial charge in [-0.3, -0.25) is 4.98 Å². The first-order chi connectivity index (χ1) is 10.7. The van der Waals surface area contributed by atoms with Gasteiger partial charge in [-0.2, -0.15) is 0 Å². The van der Waals surface area contributed by atoms with Crippen LogP contribution in [0.2, 0.25) is 0 Å². The van der Waals surface area contributed by atoms with Crippen molar-refractivity contribution in [3.63, 3.8) is 0 Å². The van der Waals surface area contributed by atoms with Crippen molar-refractivity contribution in [2.75, 3.05) is 7.11 Å². The second kappa shape index (κ2) is 6.02. The van der Waals surface area contributed by atoms with Crippen LogP contribution in [0.4, 0.5) is 0 Å². The Morgan fingerprint density at radius 1 is 0.773 bits per heavy atom. The molecule has 110 valence electrons. The molecule has 3 aromatic rings. The van der Waals surface area contributed by atoms with Crippen LogP contribution in [-0.2, 0) is 0 Å². The summed E-state index contributed by atoms with van der Waals surface area (Å²) in [5.41, 5.74) is 6.97. The molecule has 0 bridgehead atoms. The van der Waals surface area contributed by atoms with E-state index in [1.165, 1.54) is 22.3 Å². The van der Waals surface area contributed by atoms with Gasteiger partial charge in [0.2, 0.25) is 0 Å². The van der Waals surface area contributed by atoms with Crippen LogP contribution in [0.1, 0.15) is 11.1 Å². The van der Waals surface area contributed by atoms with Crippen molar-refractivity contribution in [3.8, 4) is 28.1 Å². The Bertz CT molecular complexity index is 791. The van der Waals surface area contributed by atoms with Gasteiger partial charge < -0.3 is 4.74 Å². The summed E-state index contributed by atoms with van der Waals surface area (Å²) in [6.45, 7) is 4.20. The molecule has 0 saturated carbocycles. The van der Waals surface area contributed by atoms with Gasteiger partial charge in [0.1, 0.15) is 5.75 Å². The van der Waals surface area contributed by atoms with Crippen LogP contribution >= 0.6 is 0 Å². The zero-order chi connectivity index (χ0) is 15.5. The molecule has 0 aliphatic rings. The third-order valence-electron chi connectivity index (χ3n) is 3.77. The number of methoxy groups -OCH3 is 1. The average Bonchev–Trinajstić information content (AvgIpc) is 2.55. The summed E-state index contributed by atoms with van der Waals surface area (Å²) in [5.74, 6) is 0.867. The second-order valence-electron chi connectivity index (χ2n) is 5.50. The highest BCUT2D eigenvalue weighted by atomic mass is 16.5. The van der Waals surface area contributed by atoms with Crippen LogP contribution in [0.15, 0.2) is 60.8 Å². The lowest BCUT2D eigenvalue weighted by atomic mass is 9.95. The Morgan fingerprint density at radius 2 is 1.50 bits per heavy atom. The van der Waals surface area contributed by atoms with Gasteiger partial charge in [0.15, 0.2) is 0 Å². The molecule has 0 unspecified atom stereocenters. The number of ether oxygens (including phenoxy) is 1. The lowest BCUT2D eigenvalue weighted by Gasteiger charge is -2.12. The van der Waals surface area contributed by atoms with Crippen LogP contribution in [-0.4, -0.2) is 12.1 Å². The fraction of sp³-hybridized carbons (Fsp3) is 0.150. The number of hydrogen-bond donors (Lipinski definition) is 0. The minimum Gasteiger partial charge on any atom is -0.497 e. The second-order valence-corrected chi connectivity index (χ2v) is 5.50. The number of hydrogen-bond acceptors (Lipinski definition) is 2. The van der Waals surface area contributed by atoms with E-state index < -0.39 is 0 Å². The summed E-state index contributed by atoms with van der Waals surface area (Å²) in [4.78, 5) is 4.55. The van der Waals surface area contributed by atoms with Crippen molar-refractivity contribution in [1.29, 1.82) is 0 Å². The van der Waals surface area contributed by atoms with Gasteiger partial charge in [0.25, 0.3) is 0 Å².